The van der Waals surface area contributed by atoms with Gasteiger partial charge in [-0.3, -0.25) is 4.68 Å². The number of hydrogen-bond acceptors (Lipinski definition) is 3. The van der Waals surface area contributed by atoms with Crippen LogP contribution in [0.2, 0.25) is 0 Å². The fourth-order valence-corrected chi connectivity index (χ4v) is 2.17. The largest absolute Gasteiger partial charge is 0.363 e. The highest BCUT2D eigenvalue weighted by Crippen LogP contribution is 2.23. The van der Waals surface area contributed by atoms with E-state index in [0.29, 0.717) is 0 Å². The normalized spacial score (nSPS) is 16.2. The summed E-state index contributed by atoms with van der Waals surface area (Å²) in [6.45, 7) is 2.12. The van der Waals surface area contributed by atoms with Gasteiger partial charge in [0, 0.05) is 39.7 Å². The molecule has 0 aromatic carbocycles. The Balaban J connectivity index is 2.44. The number of nitrogens with zero attached hydrogens (tertiary/aromatic N) is 3. The number of aromatic nitrogens is 2. The second kappa shape index (κ2) is 3.61. The van der Waals surface area contributed by atoms with E-state index in [1.165, 1.54) is 17.1 Å². The average Bonchev–Trinajstić information content (AvgIpc) is 2.31. The Labute approximate surface area is 84.9 Å². The van der Waals surface area contributed by atoms with Crippen molar-refractivity contribution in [2.24, 2.45) is 7.05 Å². The zero-order valence-corrected chi connectivity index (χ0v) is 9.17. The molecule has 14 heavy (non-hydrogen) atoms. The molecule has 2 rings (SSSR count). The van der Waals surface area contributed by atoms with Crippen LogP contribution in [0.25, 0.3) is 0 Å². The van der Waals surface area contributed by atoms with Crippen LogP contribution in [0.1, 0.15) is 11.3 Å². The van der Waals surface area contributed by atoms with E-state index < -0.39 is 0 Å². The topological polar surface area (TPSA) is 33.1 Å². The SMILES string of the molecule is CN(C)c1c2c(nn1C)CCNCC2. The number of aryl methyl sites for hydroxylation is 1. The molecule has 1 aromatic heterocycles. The standard InChI is InChI=1S/C10H18N4/c1-13(2)10-8-4-6-11-7-5-9(8)12-14(10)3/h11H,4-7H2,1-3H3. The van der Waals surface area contributed by atoms with Crippen molar-refractivity contribution in [3.05, 3.63) is 11.3 Å². The van der Waals surface area contributed by atoms with Crippen molar-refractivity contribution in [3.63, 3.8) is 0 Å². The van der Waals surface area contributed by atoms with Crippen LogP contribution in [0, 0.1) is 0 Å². The van der Waals surface area contributed by atoms with Crippen molar-refractivity contribution in [1.29, 1.82) is 0 Å². The molecule has 2 heterocycles. The molecule has 1 aliphatic rings. The third-order valence-electron chi connectivity index (χ3n) is 2.71. The van der Waals surface area contributed by atoms with Crippen molar-refractivity contribution < 1.29 is 0 Å². The molecule has 0 bridgehead atoms. The van der Waals surface area contributed by atoms with Gasteiger partial charge >= 0.3 is 0 Å². The molecule has 4 heteroatoms. The number of nitrogens with one attached hydrogen (secondary N) is 1. The van der Waals surface area contributed by atoms with Crippen molar-refractivity contribution in [2.75, 3.05) is 32.1 Å². The van der Waals surface area contributed by atoms with Gasteiger partial charge in [-0.1, -0.05) is 0 Å². The fourth-order valence-electron chi connectivity index (χ4n) is 2.17. The summed E-state index contributed by atoms with van der Waals surface area (Å²) in [6, 6.07) is 0. The van der Waals surface area contributed by atoms with Crippen LogP contribution in [0.4, 0.5) is 5.82 Å². The minimum atomic E-state index is 1.05. The van der Waals surface area contributed by atoms with Crippen LogP contribution < -0.4 is 10.2 Å². The minimum absolute atomic E-state index is 1.05. The Morgan fingerprint density at radius 3 is 2.71 bits per heavy atom. The molecule has 1 aliphatic heterocycles. The Morgan fingerprint density at radius 2 is 2.00 bits per heavy atom. The predicted octanol–water partition coefficient (Wildman–Crippen LogP) is 0.174. The van der Waals surface area contributed by atoms with E-state index in [-0.39, 0.29) is 0 Å². The zero-order chi connectivity index (χ0) is 10.1. The first-order valence-electron chi connectivity index (χ1n) is 5.13. The van der Waals surface area contributed by atoms with Crippen molar-refractivity contribution >= 4 is 5.82 Å². The van der Waals surface area contributed by atoms with E-state index in [1.54, 1.807) is 0 Å². The van der Waals surface area contributed by atoms with Crippen LogP contribution in [0.3, 0.4) is 0 Å². The number of fused-ring (bicyclic) bond motifs is 1. The van der Waals surface area contributed by atoms with E-state index in [0.717, 1.165) is 25.9 Å². The quantitative estimate of drug-likeness (QED) is 0.692. The summed E-state index contributed by atoms with van der Waals surface area (Å²) >= 11 is 0. The number of hydrogen-bond donors (Lipinski definition) is 1. The lowest BCUT2D eigenvalue weighted by molar-refractivity contribution is 0.678. The molecule has 0 saturated heterocycles. The van der Waals surface area contributed by atoms with Crippen LogP contribution in [-0.4, -0.2) is 37.0 Å². The molecule has 0 amide bonds. The molecular weight excluding hydrogens is 176 g/mol. The second-order valence-electron chi connectivity index (χ2n) is 4.02. The summed E-state index contributed by atoms with van der Waals surface area (Å²) in [5, 5.41) is 7.97. The minimum Gasteiger partial charge on any atom is -0.363 e. The molecule has 0 atom stereocenters. The molecule has 0 fully saturated rings. The summed E-state index contributed by atoms with van der Waals surface area (Å²) in [4.78, 5) is 2.15. The summed E-state index contributed by atoms with van der Waals surface area (Å²) in [5.74, 6) is 1.25. The van der Waals surface area contributed by atoms with E-state index in [9.17, 15) is 0 Å². The lowest BCUT2D eigenvalue weighted by Gasteiger charge is -2.14. The maximum absolute atomic E-state index is 4.57. The molecule has 78 valence electrons. The van der Waals surface area contributed by atoms with Crippen LogP contribution in [0.5, 0.6) is 0 Å². The highest BCUT2D eigenvalue weighted by atomic mass is 15.4. The van der Waals surface area contributed by atoms with Gasteiger partial charge in [0.1, 0.15) is 5.82 Å². The van der Waals surface area contributed by atoms with E-state index in [4.69, 9.17) is 0 Å². The average molecular weight is 194 g/mol. The van der Waals surface area contributed by atoms with Gasteiger partial charge in [0.15, 0.2) is 0 Å². The van der Waals surface area contributed by atoms with E-state index >= 15 is 0 Å². The smallest absolute Gasteiger partial charge is 0.129 e. The molecule has 1 aromatic rings. The first-order chi connectivity index (χ1) is 6.70. The Morgan fingerprint density at radius 1 is 1.29 bits per heavy atom. The zero-order valence-electron chi connectivity index (χ0n) is 9.17. The molecular formula is C10H18N4. The van der Waals surface area contributed by atoms with Gasteiger partial charge < -0.3 is 10.2 Å². The molecule has 0 aliphatic carbocycles. The lowest BCUT2D eigenvalue weighted by atomic mass is 10.1. The van der Waals surface area contributed by atoms with Crippen LogP contribution in [-0.2, 0) is 19.9 Å². The van der Waals surface area contributed by atoms with Crippen LogP contribution in [0.15, 0.2) is 0 Å². The summed E-state index contributed by atoms with van der Waals surface area (Å²) < 4.78 is 2.00. The van der Waals surface area contributed by atoms with Gasteiger partial charge in [-0.05, 0) is 13.0 Å². The predicted molar refractivity (Wildman–Crippen MR) is 57.8 cm³/mol. The Bertz CT molecular complexity index is 327. The van der Waals surface area contributed by atoms with Gasteiger partial charge in [-0.15, -0.1) is 0 Å². The molecule has 4 nitrogen and oxygen atoms in total. The first kappa shape index (κ1) is 9.52. The Hall–Kier alpha value is -1.03. The summed E-state index contributed by atoms with van der Waals surface area (Å²) in [7, 11) is 6.18. The summed E-state index contributed by atoms with van der Waals surface area (Å²) in [6.07, 6.45) is 2.15. The van der Waals surface area contributed by atoms with Crippen molar-refractivity contribution in [3.8, 4) is 0 Å². The highest BCUT2D eigenvalue weighted by molar-refractivity contribution is 5.49. The first-order valence-corrected chi connectivity index (χ1v) is 5.13. The van der Waals surface area contributed by atoms with Gasteiger partial charge in [0.25, 0.3) is 0 Å². The third-order valence-corrected chi connectivity index (χ3v) is 2.71. The van der Waals surface area contributed by atoms with Gasteiger partial charge in [-0.2, -0.15) is 5.10 Å². The lowest BCUT2D eigenvalue weighted by Crippen LogP contribution is -2.19. The van der Waals surface area contributed by atoms with Gasteiger partial charge in [0.2, 0.25) is 0 Å². The highest BCUT2D eigenvalue weighted by Gasteiger charge is 2.18. The van der Waals surface area contributed by atoms with Gasteiger partial charge in [-0.25, -0.2) is 0 Å². The number of rotatable bonds is 1. The maximum Gasteiger partial charge on any atom is 0.129 e. The van der Waals surface area contributed by atoms with Gasteiger partial charge in [0.05, 0.1) is 5.69 Å². The Kier molecular flexibility index (Phi) is 2.46. The molecule has 0 unspecified atom stereocenters. The fraction of sp³-hybridized carbons (Fsp3) is 0.700. The maximum atomic E-state index is 4.57. The third kappa shape index (κ3) is 1.50. The molecule has 1 N–H and O–H groups in total. The van der Waals surface area contributed by atoms with Crippen molar-refractivity contribution in [2.45, 2.75) is 12.8 Å². The number of anilines is 1. The molecule has 0 spiro atoms. The van der Waals surface area contributed by atoms with E-state index in [2.05, 4.69) is 29.4 Å². The second-order valence-corrected chi connectivity index (χ2v) is 4.02. The van der Waals surface area contributed by atoms with Crippen LogP contribution >= 0.6 is 0 Å². The van der Waals surface area contributed by atoms with Crippen molar-refractivity contribution in [1.82, 2.24) is 15.1 Å². The monoisotopic (exact) mass is 194 g/mol. The molecule has 0 radical (unpaired) electrons. The molecule has 0 saturated carbocycles. The summed E-state index contributed by atoms with van der Waals surface area (Å²) in [5.41, 5.74) is 2.68. The van der Waals surface area contributed by atoms with E-state index in [1.807, 2.05) is 11.7 Å².